The quantitative estimate of drug-likeness (QED) is 0.738. The van der Waals surface area contributed by atoms with Gasteiger partial charge in [-0.25, -0.2) is 4.79 Å². The third kappa shape index (κ3) is 3.13. The lowest BCUT2D eigenvalue weighted by Crippen LogP contribution is -1.94. The molecule has 0 amide bonds. The molecule has 0 unspecified atom stereocenters. The summed E-state index contributed by atoms with van der Waals surface area (Å²) in [5.74, 6) is -0.909. The lowest BCUT2D eigenvalue weighted by Gasteiger charge is -2.08. The molecule has 3 N–H and O–H groups in total. The first kappa shape index (κ1) is 12.7. The molecule has 0 saturated heterocycles. The second kappa shape index (κ2) is 5.27. The fourth-order valence-electron chi connectivity index (χ4n) is 1.77. The predicted octanol–water partition coefficient (Wildman–Crippen LogP) is 2.61. The molecular weight excluding hydrogens is 244 g/mol. The van der Waals surface area contributed by atoms with Crippen LogP contribution in [-0.2, 0) is 4.79 Å². The maximum atomic E-state index is 10.9. The average molecular weight is 256 g/mol. The van der Waals surface area contributed by atoms with Crippen molar-refractivity contribution in [3.63, 3.8) is 0 Å². The number of aliphatic carboxylic acids is 1. The molecule has 0 aliphatic heterocycles. The summed E-state index contributed by atoms with van der Waals surface area (Å²) < 4.78 is 0. The molecule has 0 radical (unpaired) electrons. The minimum Gasteiger partial charge on any atom is -0.508 e. The Hall–Kier alpha value is -2.75. The van der Waals surface area contributed by atoms with Gasteiger partial charge in [0.2, 0.25) is 0 Å². The van der Waals surface area contributed by atoms with Gasteiger partial charge in [-0.1, -0.05) is 24.3 Å². The number of phenolic OH excluding ortho intramolecular Hbond substituents is 2. The van der Waals surface area contributed by atoms with Crippen LogP contribution in [0.15, 0.2) is 54.6 Å². The van der Waals surface area contributed by atoms with E-state index in [9.17, 15) is 15.0 Å². The number of benzene rings is 2. The number of aromatic hydroxyl groups is 2. The van der Waals surface area contributed by atoms with Gasteiger partial charge in [-0.2, -0.15) is 0 Å². The number of hydrogen-bond donors (Lipinski definition) is 3. The topological polar surface area (TPSA) is 77.8 Å². The Morgan fingerprint density at radius 1 is 0.895 bits per heavy atom. The zero-order valence-electron chi connectivity index (χ0n) is 9.95. The van der Waals surface area contributed by atoms with Crippen molar-refractivity contribution in [3.05, 3.63) is 65.7 Å². The number of rotatable bonds is 3. The van der Waals surface area contributed by atoms with E-state index in [4.69, 9.17) is 5.11 Å². The first-order valence-corrected chi connectivity index (χ1v) is 5.60. The van der Waals surface area contributed by atoms with Crippen LogP contribution in [-0.4, -0.2) is 21.3 Å². The first-order chi connectivity index (χ1) is 9.06. The fraction of sp³-hybridized carbons (Fsp3) is 0. The van der Waals surface area contributed by atoms with Crippen molar-refractivity contribution in [1.82, 2.24) is 0 Å². The zero-order valence-corrected chi connectivity index (χ0v) is 9.95. The van der Waals surface area contributed by atoms with E-state index in [-0.39, 0.29) is 11.5 Å². The van der Waals surface area contributed by atoms with Crippen molar-refractivity contribution in [2.45, 2.75) is 0 Å². The molecule has 2 rings (SSSR count). The van der Waals surface area contributed by atoms with Crippen molar-refractivity contribution >= 4 is 11.5 Å². The number of carboxylic acid groups (broad SMARTS) is 1. The van der Waals surface area contributed by atoms with E-state index in [2.05, 4.69) is 0 Å². The van der Waals surface area contributed by atoms with Crippen molar-refractivity contribution < 1.29 is 20.1 Å². The van der Waals surface area contributed by atoms with Gasteiger partial charge in [-0.05, 0) is 41.0 Å². The van der Waals surface area contributed by atoms with Crippen molar-refractivity contribution in [3.8, 4) is 11.5 Å². The van der Waals surface area contributed by atoms with Crippen LogP contribution < -0.4 is 0 Å². The molecule has 2 aromatic rings. The summed E-state index contributed by atoms with van der Waals surface area (Å²) in [4.78, 5) is 10.9. The van der Waals surface area contributed by atoms with E-state index in [1.54, 1.807) is 24.3 Å². The second-order valence-corrected chi connectivity index (χ2v) is 3.99. The average Bonchev–Trinajstić information content (AvgIpc) is 2.37. The largest absolute Gasteiger partial charge is 0.508 e. The second-order valence-electron chi connectivity index (χ2n) is 3.99. The van der Waals surface area contributed by atoms with Gasteiger partial charge in [0.15, 0.2) is 0 Å². The lowest BCUT2D eigenvalue weighted by atomic mass is 9.97. The van der Waals surface area contributed by atoms with Crippen LogP contribution in [0.1, 0.15) is 11.1 Å². The molecule has 0 aromatic heterocycles. The van der Waals surface area contributed by atoms with Gasteiger partial charge < -0.3 is 15.3 Å². The molecule has 0 fully saturated rings. The van der Waals surface area contributed by atoms with Gasteiger partial charge in [0.05, 0.1) is 0 Å². The Kier molecular flexibility index (Phi) is 3.52. The lowest BCUT2D eigenvalue weighted by molar-refractivity contribution is -0.131. The monoisotopic (exact) mass is 256 g/mol. The standard InChI is InChI=1S/C15H12O4/c16-12-6-4-10(5-7-12)14(9-15(18)19)11-2-1-3-13(17)8-11/h1-9,16-17H,(H,18,19). The Labute approximate surface area is 109 Å². The molecule has 0 heterocycles. The third-order valence-electron chi connectivity index (χ3n) is 2.60. The molecule has 0 aliphatic rings. The van der Waals surface area contributed by atoms with Crippen molar-refractivity contribution in [2.24, 2.45) is 0 Å². The maximum absolute atomic E-state index is 10.9. The van der Waals surface area contributed by atoms with Crippen LogP contribution in [0.5, 0.6) is 11.5 Å². The Balaban J connectivity index is 2.54. The molecule has 0 bridgehead atoms. The number of hydrogen-bond acceptors (Lipinski definition) is 3. The van der Waals surface area contributed by atoms with E-state index in [0.717, 1.165) is 6.08 Å². The van der Waals surface area contributed by atoms with E-state index < -0.39 is 5.97 Å². The summed E-state index contributed by atoms with van der Waals surface area (Å²) >= 11 is 0. The van der Waals surface area contributed by atoms with Gasteiger partial charge in [-0.15, -0.1) is 0 Å². The van der Waals surface area contributed by atoms with Crippen molar-refractivity contribution in [2.75, 3.05) is 0 Å². The number of carboxylic acids is 1. The van der Waals surface area contributed by atoms with Gasteiger partial charge in [0, 0.05) is 6.08 Å². The van der Waals surface area contributed by atoms with Crippen LogP contribution in [0.3, 0.4) is 0 Å². The maximum Gasteiger partial charge on any atom is 0.328 e. The highest BCUT2D eigenvalue weighted by Gasteiger charge is 2.08. The molecule has 96 valence electrons. The molecule has 4 nitrogen and oxygen atoms in total. The smallest absolute Gasteiger partial charge is 0.328 e. The summed E-state index contributed by atoms with van der Waals surface area (Å²) in [6.45, 7) is 0. The highest BCUT2D eigenvalue weighted by Crippen LogP contribution is 2.27. The first-order valence-electron chi connectivity index (χ1n) is 5.60. The highest BCUT2D eigenvalue weighted by atomic mass is 16.4. The SMILES string of the molecule is O=C(O)C=C(c1ccc(O)cc1)c1cccc(O)c1. The number of carbonyl (C=O) groups is 1. The Bertz CT molecular complexity index is 627. The van der Waals surface area contributed by atoms with Crippen LogP contribution in [0.25, 0.3) is 5.57 Å². The number of phenols is 2. The predicted molar refractivity (Wildman–Crippen MR) is 70.9 cm³/mol. The molecule has 0 saturated carbocycles. The van der Waals surface area contributed by atoms with Gasteiger partial charge in [0.25, 0.3) is 0 Å². The normalized spacial score (nSPS) is 11.3. The van der Waals surface area contributed by atoms with Gasteiger partial charge >= 0.3 is 5.97 Å². The molecule has 19 heavy (non-hydrogen) atoms. The van der Waals surface area contributed by atoms with Gasteiger partial charge in [0.1, 0.15) is 11.5 Å². The molecule has 0 spiro atoms. The third-order valence-corrected chi connectivity index (χ3v) is 2.60. The van der Waals surface area contributed by atoms with Crippen LogP contribution in [0.4, 0.5) is 0 Å². The minimum atomic E-state index is -1.08. The summed E-state index contributed by atoms with van der Waals surface area (Å²) in [6, 6.07) is 12.5. The van der Waals surface area contributed by atoms with Crippen LogP contribution >= 0.6 is 0 Å². The summed E-state index contributed by atoms with van der Waals surface area (Å²) in [7, 11) is 0. The van der Waals surface area contributed by atoms with E-state index in [1.165, 1.54) is 24.3 Å². The zero-order chi connectivity index (χ0) is 13.8. The summed E-state index contributed by atoms with van der Waals surface area (Å²) in [6.07, 6.45) is 1.07. The van der Waals surface area contributed by atoms with E-state index in [0.29, 0.717) is 16.7 Å². The molecular formula is C15H12O4. The molecule has 4 heteroatoms. The highest BCUT2D eigenvalue weighted by molar-refractivity contribution is 5.95. The van der Waals surface area contributed by atoms with Crippen LogP contribution in [0.2, 0.25) is 0 Å². The molecule has 0 atom stereocenters. The molecule has 2 aromatic carbocycles. The summed E-state index contributed by atoms with van der Waals surface area (Å²) in [5.41, 5.74) is 1.70. The van der Waals surface area contributed by atoms with E-state index in [1.807, 2.05) is 0 Å². The summed E-state index contributed by atoms with van der Waals surface area (Å²) in [5, 5.41) is 27.7. The van der Waals surface area contributed by atoms with E-state index >= 15 is 0 Å². The minimum absolute atomic E-state index is 0.0626. The van der Waals surface area contributed by atoms with Crippen LogP contribution in [0, 0.1) is 0 Å². The fourth-order valence-corrected chi connectivity index (χ4v) is 1.77. The Morgan fingerprint density at radius 2 is 1.58 bits per heavy atom. The van der Waals surface area contributed by atoms with Crippen molar-refractivity contribution in [1.29, 1.82) is 0 Å². The Morgan fingerprint density at radius 3 is 2.16 bits per heavy atom. The molecule has 0 aliphatic carbocycles. The van der Waals surface area contributed by atoms with Gasteiger partial charge in [-0.3, -0.25) is 0 Å².